The van der Waals surface area contributed by atoms with E-state index in [4.69, 9.17) is 13.7 Å². The number of anilines is 2. The van der Waals surface area contributed by atoms with E-state index in [9.17, 15) is 0 Å². The van der Waals surface area contributed by atoms with E-state index < -0.39 is 0 Å². The topological polar surface area (TPSA) is 56.5 Å². The summed E-state index contributed by atoms with van der Waals surface area (Å²) in [7, 11) is -0.358. The van der Waals surface area contributed by atoms with Crippen molar-refractivity contribution in [3.8, 4) is 0 Å². The van der Waals surface area contributed by atoms with E-state index in [2.05, 4.69) is 38.0 Å². The van der Waals surface area contributed by atoms with Gasteiger partial charge in [-0.05, 0) is 57.4 Å². The molecule has 0 aliphatic carbocycles. The number of para-hydroxylation sites is 2. The average molecular weight is 366 g/mol. The Hall–Kier alpha value is -2.31. The highest BCUT2D eigenvalue weighted by Crippen LogP contribution is 2.36. The molecule has 1 N–H and O–H groups in total. The Kier molecular flexibility index (Phi) is 5.31. The van der Waals surface area contributed by atoms with Crippen molar-refractivity contribution in [1.29, 1.82) is 0 Å². The summed E-state index contributed by atoms with van der Waals surface area (Å²) in [6, 6.07) is 16.1. The fraction of sp³-hybridized carbons (Fsp3) is 0.381. The molecule has 27 heavy (non-hydrogen) atoms. The number of fused-ring (bicyclic) bond motifs is 1. The number of nitrogens with one attached hydrogen (secondary N) is 1. The molecule has 1 aliphatic heterocycles. The molecule has 1 aromatic heterocycles. The first kappa shape index (κ1) is 19.5. The number of nitrogens with zero attached hydrogens (tertiary/aromatic N) is 1. The molecule has 1 aliphatic rings. The van der Waals surface area contributed by atoms with Crippen LogP contribution in [0.15, 0.2) is 52.9 Å². The molecule has 5 nitrogen and oxygen atoms in total. The van der Waals surface area contributed by atoms with Crippen molar-refractivity contribution in [2.45, 2.75) is 52.7 Å². The van der Waals surface area contributed by atoms with Gasteiger partial charge in [-0.2, -0.15) is 4.98 Å². The monoisotopic (exact) mass is 366 g/mol. The quantitative estimate of drug-likeness (QED) is 0.669. The molecule has 0 radical (unpaired) electrons. The van der Waals surface area contributed by atoms with Gasteiger partial charge in [-0.15, -0.1) is 0 Å². The number of aromatic nitrogens is 1. The molecule has 2 heterocycles. The van der Waals surface area contributed by atoms with Gasteiger partial charge >= 0.3 is 7.12 Å². The fourth-order valence-electron chi connectivity index (χ4n) is 2.75. The van der Waals surface area contributed by atoms with E-state index in [1.165, 1.54) is 0 Å². The molecule has 2 aromatic carbocycles. The van der Waals surface area contributed by atoms with Gasteiger partial charge in [-0.3, -0.25) is 0 Å². The molecule has 6 heteroatoms. The van der Waals surface area contributed by atoms with Crippen molar-refractivity contribution >= 4 is 35.4 Å². The van der Waals surface area contributed by atoms with Gasteiger partial charge < -0.3 is 19.0 Å². The molecule has 0 unspecified atom stereocenters. The van der Waals surface area contributed by atoms with E-state index in [0.29, 0.717) is 6.01 Å². The van der Waals surface area contributed by atoms with Crippen LogP contribution in [0.4, 0.5) is 11.7 Å². The molecular formula is C21H27BN2O3. The molecule has 0 bridgehead atoms. The van der Waals surface area contributed by atoms with Crippen LogP contribution in [0.1, 0.15) is 41.5 Å². The van der Waals surface area contributed by atoms with Crippen molar-refractivity contribution in [3.05, 3.63) is 48.5 Å². The molecule has 0 atom stereocenters. The summed E-state index contributed by atoms with van der Waals surface area (Å²) < 4.78 is 17.8. The van der Waals surface area contributed by atoms with E-state index in [-0.39, 0.29) is 18.3 Å². The highest BCUT2D eigenvalue weighted by molar-refractivity contribution is 6.62. The smallest absolute Gasteiger partial charge is 0.423 e. The Labute approximate surface area is 161 Å². The maximum absolute atomic E-state index is 6.07. The van der Waals surface area contributed by atoms with Crippen LogP contribution >= 0.6 is 0 Å². The molecule has 3 aromatic rings. The molecule has 0 saturated carbocycles. The van der Waals surface area contributed by atoms with Crippen LogP contribution in [0.2, 0.25) is 0 Å². The Balaban J connectivity index is 0.00000102. The van der Waals surface area contributed by atoms with Crippen molar-refractivity contribution < 1.29 is 13.7 Å². The Bertz CT molecular complexity index is 854. The molecule has 0 spiro atoms. The lowest BCUT2D eigenvalue weighted by atomic mass is 9.79. The number of oxazole rings is 1. The van der Waals surface area contributed by atoms with Gasteiger partial charge in [0.25, 0.3) is 6.01 Å². The first-order chi connectivity index (χ1) is 12.8. The van der Waals surface area contributed by atoms with E-state index >= 15 is 0 Å². The molecular weight excluding hydrogens is 339 g/mol. The van der Waals surface area contributed by atoms with E-state index in [1.807, 2.05) is 62.4 Å². The number of rotatable bonds is 3. The number of hydrogen-bond donors (Lipinski definition) is 1. The third-order valence-corrected chi connectivity index (χ3v) is 4.98. The minimum Gasteiger partial charge on any atom is -0.423 e. The number of benzene rings is 2. The van der Waals surface area contributed by atoms with Gasteiger partial charge in [0.05, 0.1) is 11.2 Å². The minimum atomic E-state index is -0.358. The Morgan fingerprint density at radius 2 is 1.44 bits per heavy atom. The lowest BCUT2D eigenvalue weighted by Crippen LogP contribution is -2.41. The second-order valence-electron chi connectivity index (χ2n) is 7.32. The first-order valence-electron chi connectivity index (χ1n) is 9.42. The van der Waals surface area contributed by atoms with Gasteiger partial charge in [0.1, 0.15) is 5.52 Å². The summed E-state index contributed by atoms with van der Waals surface area (Å²) in [5.74, 6) is 0. The SMILES string of the molecule is CC.CC1(C)OB(c2ccc(Nc3nc4ccccc4o3)cc2)OC1(C)C. The van der Waals surface area contributed by atoms with Gasteiger partial charge in [-0.1, -0.05) is 38.1 Å². The van der Waals surface area contributed by atoms with Gasteiger partial charge in [0, 0.05) is 5.69 Å². The third kappa shape index (κ3) is 3.87. The van der Waals surface area contributed by atoms with Crippen LogP contribution in [-0.4, -0.2) is 23.3 Å². The first-order valence-corrected chi connectivity index (χ1v) is 9.42. The standard InChI is InChI=1S/C19H21BN2O3.C2H6/c1-18(2)19(3,4)25-20(24-18)13-9-11-14(12-10-13)21-17-22-15-7-5-6-8-16(15)23-17;1-2/h5-12H,1-4H3,(H,21,22);1-2H3. The predicted molar refractivity (Wildman–Crippen MR) is 111 cm³/mol. The normalized spacial score (nSPS) is 17.5. The van der Waals surface area contributed by atoms with Crippen LogP contribution in [0.5, 0.6) is 0 Å². The highest BCUT2D eigenvalue weighted by Gasteiger charge is 2.51. The maximum Gasteiger partial charge on any atom is 0.494 e. The zero-order valence-corrected chi connectivity index (χ0v) is 16.9. The van der Waals surface area contributed by atoms with Gasteiger partial charge in [-0.25, -0.2) is 0 Å². The Morgan fingerprint density at radius 1 is 0.852 bits per heavy atom. The minimum absolute atomic E-state index is 0.340. The second-order valence-corrected chi connectivity index (χ2v) is 7.32. The van der Waals surface area contributed by atoms with E-state index in [1.54, 1.807) is 0 Å². The maximum atomic E-state index is 6.07. The van der Waals surface area contributed by atoms with Crippen LogP contribution in [0.3, 0.4) is 0 Å². The van der Waals surface area contributed by atoms with Crippen molar-refractivity contribution in [2.24, 2.45) is 0 Å². The summed E-state index contributed by atoms with van der Waals surface area (Å²) in [5, 5.41) is 3.18. The summed E-state index contributed by atoms with van der Waals surface area (Å²) in [5.41, 5.74) is 2.80. The molecule has 1 fully saturated rings. The Morgan fingerprint density at radius 3 is 2.04 bits per heavy atom. The fourth-order valence-corrected chi connectivity index (χ4v) is 2.75. The molecule has 4 rings (SSSR count). The summed E-state index contributed by atoms with van der Waals surface area (Å²) >= 11 is 0. The third-order valence-electron chi connectivity index (χ3n) is 4.98. The van der Waals surface area contributed by atoms with Crippen LogP contribution in [-0.2, 0) is 9.31 Å². The largest absolute Gasteiger partial charge is 0.494 e. The zero-order chi connectivity index (χ0) is 19.7. The highest BCUT2D eigenvalue weighted by atomic mass is 16.7. The zero-order valence-electron chi connectivity index (χ0n) is 16.9. The van der Waals surface area contributed by atoms with Crippen molar-refractivity contribution in [2.75, 3.05) is 5.32 Å². The van der Waals surface area contributed by atoms with Crippen LogP contribution in [0, 0.1) is 0 Å². The summed E-state index contributed by atoms with van der Waals surface area (Å²) in [6.07, 6.45) is 0. The molecule has 142 valence electrons. The van der Waals surface area contributed by atoms with Gasteiger partial charge in [0.15, 0.2) is 5.58 Å². The lowest BCUT2D eigenvalue weighted by molar-refractivity contribution is 0.00578. The van der Waals surface area contributed by atoms with E-state index in [0.717, 1.165) is 22.2 Å². The summed E-state index contributed by atoms with van der Waals surface area (Å²) in [6.45, 7) is 12.2. The average Bonchev–Trinajstić information content (AvgIpc) is 3.14. The second kappa shape index (κ2) is 7.37. The predicted octanol–water partition coefficient (Wildman–Crippen LogP) is 4.90. The summed E-state index contributed by atoms with van der Waals surface area (Å²) in [4.78, 5) is 4.42. The van der Waals surface area contributed by atoms with Gasteiger partial charge in [0.2, 0.25) is 0 Å². The molecule has 1 saturated heterocycles. The van der Waals surface area contributed by atoms with Crippen molar-refractivity contribution in [1.82, 2.24) is 4.98 Å². The van der Waals surface area contributed by atoms with Crippen LogP contribution < -0.4 is 10.8 Å². The van der Waals surface area contributed by atoms with Crippen molar-refractivity contribution in [3.63, 3.8) is 0 Å². The lowest BCUT2D eigenvalue weighted by Gasteiger charge is -2.32. The van der Waals surface area contributed by atoms with Crippen LogP contribution in [0.25, 0.3) is 11.1 Å². The number of hydrogen-bond acceptors (Lipinski definition) is 5. The molecule has 0 amide bonds.